The highest BCUT2D eigenvalue weighted by atomic mass is 16.5. The Balaban J connectivity index is 1.45. The highest BCUT2D eigenvalue weighted by molar-refractivity contribution is 5.95. The van der Waals surface area contributed by atoms with Gasteiger partial charge in [0.25, 0.3) is 0 Å². The molecule has 4 rings (SSSR count). The highest BCUT2D eigenvalue weighted by Crippen LogP contribution is 2.28. The summed E-state index contributed by atoms with van der Waals surface area (Å²) >= 11 is 0. The third-order valence-electron chi connectivity index (χ3n) is 5.14. The van der Waals surface area contributed by atoms with Crippen LogP contribution in [0.3, 0.4) is 0 Å². The first-order chi connectivity index (χ1) is 12.6. The van der Waals surface area contributed by atoms with Crippen molar-refractivity contribution < 1.29 is 14.1 Å². The zero-order chi connectivity index (χ0) is 18.1. The van der Waals surface area contributed by atoms with E-state index in [1.165, 1.54) is 0 Å². The van der Waals surface area contributed by atoms with Crippen LogP contribution in [-0.2, 0) is 16.1 Å². The van der Waals surface area contributed by atoms with Gasteiger partial charge in [0.2, 0.25) is 5.91 Å². The molecule has 26 heavy (non-hydrogen) atoms. The Morgan fingerprint density at radius 2 is 2.15 bits per heavy atom. The van der Waals surface area contributed by atoms with Crippen molar-refractivity contribution in [3.05, 3.63) is 41.5 Å². The molecule has 2 aliphatic rings. The molecule has 0 spiro atoms. The van der Waals surface area contributed by atoms with E-state index in [1.54, 1.807) is 6.20 Å². The lowest BCUT2D eigenvalue weighted by Crippen LogP contribution is -2.49. The summed E-state index contributed by atoms with van der Waals surface area (Å²) < 4.78 is 11.2. The Hall–Kier alpha value is -2.25. The number of likely N-dealkylation sites (tertiary alicyclic amines) is 1. The average Bonchev–Trinajstić information content (AvgIpc) is 2.96. The minimum Gasteiger partial charge on any atom is -0.374 e. The van der Waals surface area contributed by atoms with E-state index in [0.717, 1.165) is 48.9 Å². The van der Waals surface area contributed by atoms with Crippen molar-refractivity contribution in [1.29, 1.82) is 0 Å². The molecule has 0 N–H and O–H groups in total. The molecule has 4 heterocycles. The smallest absolute Gasteiger partial charge is 0.232 e. The predicted molar refractivity (Wildman–Crippen MR) is 95.7 cm³/mol. The molecule has 2 aromatic rings. The number of amides is 1. The molecule has 1 amide bonds. The lowest BCUT2D eigenvalue weighted by molar-refractivity contribution is -0.128. The number of hydrogen-bond acceptors (Lipinski definition) is 6. The molecule has 0 radical (unpaired) electrons. The molecule has 0 unspecified atom stereocenters. The molecule has 0 saturated carbocycles. The molecule has 2 saturated heterocycles. The number of nitrogens with zero attached hydrogens (tertiary/aromatic N) is 4. The van der Waals surface area contributed by atoms with Gasteiger partial charge in [-0.2, -0.15) is 0 Å². The second kappa shape index (κ2) is 7.17. The molecule has 138 valence electrons. The van der Waals surface area contributed by atoms with Crippen molar-refractivity contribution in [2.45, 2.75) is 32.9 Å². The number of fused-ring (bicyclic) bond motifs is 1. The summed E-state index contributed by atoms with van der Waals surface area (Å²) in [6.07, 6.45) is 2.48. The normalized spacial score (nSPS) is 24.4. The number of aromatic nitrogens is 2. The molecule has 2 atom stereocenters. The molecular formula is C19H24N4O3. The van der Waals surface area contributed by atoms with E-state index < -0.39 is 0 Å². The number of pyridine rings is 1. The molecule has 2 fully saturated rings. The highest BCUT2D eigenvalue weighted by Gasteiger charge is 2.39. The van der Waals surface area contributed by atoms with Crippen molar-refractivity contribution in [3.63, 3.8) is 0 Å². The maximum atomic E-state index is 13.1. The van der Waals surface area contributed by atoms with Crippen LogP contribution in [0.15, 0.2) is 28.9 Å². The van der Waals surface area contributed by atoms with Gasteiger partial charge in [-0.15, -0.1) is 0 Å². The molecule has 7 heteroatoms. The molecule has 0 bridgehead atoms. The van der Waals surface area contributed by atoms with Crippen LogP contribution in [-0.4, -0.2) is 53.3 Å². The van der Waals surface area contributed by atoms with E-state index >= 15 is 0 Å². The molecule has 2 aromatic heterocycles. The fourth-order valence-corrected chi connectivity index (χ4v) is 3.78. The Bertz CT molecular complexity index is 773. The first kappa shape index (κ1) is 17.2. The van der Waals surface area contributed by atoms with Gasteiger partial charge in [-0.25, -0.2) is 0 Å². The average molecular weight is 356 g/mol. The van der Waals surface area contributed by atoms with Gasteiger partial charge < -0.3 is 14.2 Å². The number of carbonyl (C=O) groups is 1. The van der Waals surface area contributed by atoms with Gasteiger partial charge in [0.05, 0.1) is 36.2 Å². The van der Waals surface area contributed by atoms with Crippen LogP contribution in [0.2, 0.25) is 0 Å². The molecule has 0 aliphatic carbocycles. The van der Waals surface area contributed by atoms with Crippen LogP contribution in [0.25, 0.3) is 0 Å². The monoisotopic (exact) mass is 356 g/mol. The van der Waals surface area contributed by atoms with Crippen molar-refractivity contribution in [2.24, 2.45) is 5.92 Å². The van der Waals surface area contributed by atoms with Crippen molar-refractivity contribution in [1.82, 2.24) is 15.0 Å². The SMILES string of the molecule is Cc1ccc(N2CCO[C@H]3CN(Cc4cc(C)on4)CC[C@H]3C2=O)cn1. The quantitative estimate of drug-likeness (QED) is 0.837. The summed E-state index contributed by atoms with van der Waals surface area (Å²) in [6, 6.07) is 5.86. The summed E-state index contributed by atoms with van der Waals surface area (Å²) in [5.41, 5.74) is 2.72. The largest absolute Gasteiger partial charge is 0.374 e. The minimum absolute atomic E-state index is 0.0762. The summed E-state index contributed by atoms with van der Waals surface area (Å²) in [4.78, 5) is 21.5. The van der Waals surface area contributed by atoms with E-state index in [2.05, 4.69) is 15.0 Å². The van der Waals surface area contributed by atoms with E-state index in [-0.39, 0.29) is 17.9 Å². The molecule has 7 nitrogen and oxygen atoms in total. The van der Waals surface area contributed by atoms with Gasteiger partial charge in [-0.3, -0.25) is 14.7 Å². The Morgan fingerprint density at radius 1 is 1.27 bits per heavy atom. The van der Waals surface area contributed by atoms with Crippen LogP contribution in [0.5, 0.6) is 0 Å². The van der Waals surface area contributed by atoms with E-state index in [4.69, 9.17) is 9.26 Å². The number of carbonyl (C=O) groups excluding carboxylic acids is 1. The lowest BCUT2D eigenvalue weighted by Gasteiger charge is -2.36. The Labute approximate surface area is 152 Å². The van der Waals surface area contributed by atoms with E-state index in [9.17, 15) is 4.79 Å². The number of hydrogen-bond donors (Lipinski definition) is 0. The van der Waals surface area contributed by atoms with Crippen molar-refractivity contribution in [3.8, 4) is 0 Å². The van der Waals surface area contributed by atoms with Crippen LogP contribution in [0.1, 0.15) is 23.6 Å². The van der Waals surface area contributed by atoms with Crippen LogP contribution in [0.4, 0.5) is 5.69 Å². The first-order valence-electron chi connectivity index (χ1n) is 9.10. The number of rotatable bonds is 3. The Kier molecular flexibility index (Phi) is 4.74. The fraction of sp³-hybridized carbons (Fsp3) is 0.526. The second-order valence-electron chi connectivity index (χ2n) is 7.12. The third-order valence-corrected chi connectivity index (χ3v) is 5.14. The summed E-state index contributed by atoms with van der Waals surface area (Å²) in [7, 11) is 0. The van der Waals surface area contributed by atoms with Crippen LogP contribution >= 0.6 is 0 Å². The zero-order valence-electron chi connectivity index (χ0n) is 15.2. The summed E-state index contributed by atoms with van der Waals surface area (Å²) in [5, 5.41) is 4.07. The standard InChI is InChI=1S/C19H24N4O3/c1-13-3-4-16(10-20-13)23-7-8-25-18-12-22(6-5-17(18)19(23)24)11-15-9-14(2)26-21-15/h3-4,9-10,17-18H,5-8,11-12H2,1-2H3/t17-,18+/m1/s1. The fourth-order valence-electron chi connectivity index (χ4n) is 3.78. The van der Waals surface area contributed by atoms with Gasteiger partial charge in [0, 0.05) is 31.4 Å². The van der Waals surface area contributed by atoms with Crippen molar-refractivity contribution in [2.75, 3.05) is 31.1 Å². The van der Waals surface area contributed by atoms with Gasteiger partial charge >= 0.3 is 0 Å². The maximum Gasteiger partial charge on any atom is 0.232 e. The van der Waals surface area contributed by atoms with Crippen molar-refractivity contribution >= 4 is 11.6 Å². The first-order valence-corrected chi connectivity index (χ1v) is 9.10. The van der Waals surface area contributed by atoms with Gasteiger partial charge in [-0.05, 0) is 38.9 Å². The Morgan fingerprint density at radius 3 is 2.88 bits per heavy atom. The van der Waals surface area contributed by atoms with Crippen LogP contribution in [0, 0.1) is 19.8 Å². The number of piperidine rings is 1. The number of ether oxygens (including phenoxy) is 1. The summed E-state index contributed by atoms with van der Waals surface area (Å²) in [6.45, 7) is 7.26. The number of anilines is 1. The van der Waals surface area contributed by atoms with E-state index in [0.29, 0.717) is 13.2 Å². The lowest BCUT2D eigenvalue weighted by atomic mass is 9.92. The van der Waals surface area contributed by atoms with E-state index in [1.807, 2.05) is 36.9 Å². The number of aryl methyl sites for hydroxylation is 2. The van der Waals surface area contributed by atoms with Gasteiger partial charge in [0.1, 0.15) is 5.76 Å². The third kappa shape index (κ3) is 3.50. The molecular weight excluding hydrogens is 332 g/mol. The molecule has 2 aliphatic heterocycles. The topological polar surface area (TPSA) is 71.7 Å². The van der Waals surface area contributed by atoms with Gasteiger partial charge in [0.15, 0.2) is 0 Å². The van der Waals surface area contributed by atoms with Gasteiger partial charge in [-0.1, -0.05) is 5.16 Å². The molecule has 0 aromatic carbocycles. The summed E-state index contributed by atoms with van der Waals surface area (Å²) in [5.74, 6) is 0.863. The second-order valence-corrected chi connectivity index (χ2v) is 7.12. The van der Waals surface area contributed by atoms with Crippen LogP contribution < -0.4 is 4.90 Å². The zero-order valence-corrected chi connectivity index (χ0v) is 15.2. The predicted octanol–water partition coefficient (Wildman–Crippen LogP) is 1.94. The minimum atomic E-state index is -0.103. The maximum absolute atomic E-state index is 13.1.